The smallest absolute Gasteiger partial charge is 0.146 e. The minimum Gasteiger partial charge on any atom is -0.295 e. The molecule has 0 N–H and O–H groups in total. The Morgan fingerprint density at radius 3 is 1.63 bits per heavy atom. The lowest BCUT2D eigenvalue weighted by Gasteiger charge is -2.27. The van der Waals surface area contributed by atoms with E-state index >= 15 is 0 Å². The van der Waals surface area contributed by atoms with Gasteiger partial charge in [-0.25, -0.2) is 9.97 Å². The van der Waals surface area contributed by atoms with E-state index in [1.165, 1.54) is 49.8 Å². The van der Waals surface area contributed by atoms with E-state index in [9.17, 15) is 0 Å². The molecule has 2 aromatic heterocycles. The molecular formula is C53H32N4. The lowest BCUT2D eigenvalue weighted by Crippen LogP contribution is -2.27. The topological polar surface area (TPSA) is 35.6 Å². The van der Waals surface area contributed by atoms with Gasteiger partial charge < -0.3 is 0 Å². The number of imidazole rings is 2. The third kappa shape index (κ3) is 3.91. The molecule has 9 aromatic carbocycles. The molecule has 4 heteroatoms. The van der Waals surface area contributed by atoms with Crippen molar-refractivity contribution >= 4 is 43.6 Å². The molecule has 57 heavy (non-hydrogen) atoms. The van der Waals surface area contributed by atoms with Crippen LogP contribution in [-0.4, -0.2) is 19.1 Å². The summed E-state index contributed by atoms with van der Waals surface area (Å²) in [6.07, 6.45) is 0. The predicted molar refractivity (Wildman–Crippen MR) is 232 cm³/mol. The van der Waals surface area contributed by atoms with Crippen molar-refractivity contribution in [2.24, 2.45) is 0 Å². The zero-order valence-corrected chi connectivity index (χ0v) is 30.8. The van der Waals surface area contributed by atoms with Crippen molar-refractivity contribution in [3.63, 3.8) is 0 Å². The average molecular weight is 725 g/mol. The van der Waals surface area contributed by atoms with Gasteiger partial charge in [0.15, 0.2) is 0 Å². The zero-order valence-electron chi connectivity index (χ0n) is 30.8. The quantitative estimate of drug-likeness (QED) is 0.170. The minimum absolute atomic E-state index is 0.506. The number of nitrogens with zero attached hydrogens (tertiary/aromatic N) is 4. The number of hydrogen-bond acceptors (Lipinski definition) is 2. The summed E-state index contributed by atoms with van der Waals surface area (Å²) < 4.78 is 4.73. The van der Waals surface area contributed by atoms with Gasteiger partial charge in [-0.15, -0.1) is 0 Å². The molecule has 0 unspecified atom stereocenters. The van der Waals surface area contributed by atoms with Crippen LogP contribution >= 0.6 is 0 Å². The van der Waals surface area contributed by atoms with Crippen molar-refractivity contribution < 1.29 is 0 Å². The van der Waals surface area contributed by atoms with E-state index in [2.05, 4.69) is 203 Å². The summed E-state index contributed by atoms with van der Waals surface area (Å²) in [5.74, 6) is 1.99. The summed E-state index contributed by atoms with van der Waals surface area (Å²) in [6.45, 7) is 0. The molecule has 264 valence electrons. The van der Waals surface area contributed by atoms with Crippen molar-refractivity contribution in [1.82, 2.24) is 19.1 Å². The second-order valence-corrected chi connectivity index (χ2v) is 15.3. The first-order chi connectivity index (χ1) is 28.3. The number of aromatic nitrogens is 4. The summed E-state index contributed by atoms with van der Waals surface area (Å²) >= 11 is 0. The molecule has 1 aliphatic heterocycles. The van der Waals surface area contributed by atoms with Gasteiger partial charge in [0.05, 0.1) is 27.8 Å². The highest BCUT2D eigenvalue weighted by molar-refractivity contribution is 6.21. The van der Waals surface area contributed by atoms with E-state index in [0.29, 0.717) is 0 Å². The number of rotatable bonds is 3. The van der Waals surface area contributed by atoms with E-state index in [1.54, 1.807) is 0 Å². The van der Waals surface area contributed by atoms with Crippen molar-refractivity contribution in [3.8, 4) is 45.0 Å². The summed E-state index contributed by atoms with van der Waals surface area (Å²) in [5, 5.41) is 4.70. The van der Waals surface area contributed by atoms with Gasteiger partial charge in [0, 0.05) is 11.3 Å². The molecule has 11 aromatic rings. The third-order valence-corrected chi connectivity index (χ3v) is 12.5. The van der Waals surface area contributed by atoms with Crippen molar-refractivity contribution in [2.75, 3.05) is 0 Å². The van der Waals surface area contributed by atoms with E-state index in [-0.39, 0.29) is 0 Å². The highest BCUT2D eigenvalue weighted by atomic mass is 15.1. The Kier molecular flexibility index (Phi) is 6.07. The Labute approximate surface area is 328 Å². The van der Waals surface area contributed by atoms with Gasteiger partial charge in [0.2, 0.25) is 0 Å². The zero-order chi connectivity index (χ0) is 37.2. The SMILES string of the molecule is c1ccc(-n2c(-c3c4ccccc4c(-c4ccc5c(c4)nc4n5-c5ccccc5C45c4ccccc4-c4ccccc45)c4ccccc34)nc3ccccc32)cc1. The molecule has 2 aliphatic rings. The Morgan fingerprint density at radius 1 is 0.386 bits per heavy atom. The van der Waals surface area contributed by atoms with E-state index in [4.69, 9.17) is 9.97 Å². The van der Waals surface area contributed by atoms with Crippen LogP contribution in [0.4, 0.5) is 0 Å². The first kappa shape index (κ1) is 30.7. The Balaban J connectivity index is 1.09. The first-order valence-electron chi connectivity index (χ1n) is 19.6. The van der Waals surface area contributed by atoms with Gasteiger partial charge in [-0.1, -0.05) is 152 Å². The van der Waals surface area contributed by atoms with Gasteiger partial charge in [-0.05, 0) is 103 Å². The lowest BCUT2D eigenvalue weighted by molar-refractivity contribution is 0.738. The Morgan fingerprint density at radius 2 is 0.930 bits per heavy atom. The second kappa shape index (κ2) is 11.2. The van der Waals surface area contributed by atoms with Crippen molar-refractivity contribution in [2.45, 2.75) is 5.41 Å². The number of para-hydroxylation sites is 4. The van der Waals surface area contributed by atoms with Crippen LogP contribution in [0.15, 0.2) is 194 Å². The van der Waals surface area contributed by atoms with Gasteiger partial charge in [-0.3, -0.25) is 9.13 Å². The van der Waals surface area contributed by atoms with Crippen LogP contribution in [-0.2, 0) is 5.41 Å². The fourth-order valence-corrected chi connectivity index (χ4v) is 10.3. The molecule has 0 radical (unpaired) electrons. The van der Waals surface area contributed by atoms with Crippen LogP contribution in [0.5, 0.6) is 0 Å². The minimum atomic E-state index is -0.506. The molecule has 0 fully saturated rings. The number of fused-ring (bicyclic) bond motifs is 15. The summed E-state index contributed by atoms with van der Waals surface area (Å²) in [7, 11) is 0. The number of benzene rings is 9. The van der Waals surface area contributed by atoms with E-state index < -0.39 is 5.41 Å². The number of hydrogen-bond donors (Lipinski definition) is 0. The van der Waals surface area contributed by atoms with Gasteiger partial charge in [0.25, 0.3) is 0 Å². The Bertz CT molecular complexity index is 3380. The first-order valence-corrected chi connectivity index (χ1v) is 19.6. The summed E-state index contributed by atoms with van der Waals surface area (Å²) in [4.78, 5) is 11.0. The van der Waals surface area contributed by atoms with Gasteiger partial charge in [-0.2, -0.15) is 0 Å². The average Bonchev–Trinajstić information content (AvgIpc) is 4.00. The van der Waals surface area contributed by atoms with Crippen LogP contribution in [0.3, 0.4) is 0 Å². The maximum atomic E-state index is 5.67. The van der Waals surface area contributed by atoms with Crippen molar-refractivity contribution in [3.05, 3.63) is 217 Å². The Hall–Kier alpha value is -7.56. The molecule has 0 amide bonds. The monoisotopic (exact) mass is 724 g/mol. The van der Waals surface area contributed by atoms with Crippen LogP contribution in [0.25, 0.3) is 88.6 Å². The standard InChI is InChI=1S/C53H32N4/c1-2-16-34(17-3-1)56-47-29-15-13-27-44(47)54-51(56)50-39-22-6-4-20-37(39)49(38-21-5-7-23-40(38)50)33-30-31-48-45(32-33)55-52-53(43-26-12-14-28-46(43)57(48)52)41-24-10-8-18-35(41)36-19-9-11-25-42(36)53/h1-32H. The molecule has 0 saturated carbocycles. The molecule has 0 saturated heterocycles. The molecule has 1 spiro atoms. The third-order valence-electron chi connectivity index (χ3n) is 12.5. The predicted octanol–water partition coefficient (Wildman–Crippen LogP) is 12.7. The maximum absolute atomic E-state index is 5.67. The molecular weight excluding hydrogens is 693 g/mol. The normalized spacial score (nSPS) is 13.4. The molecule has 0 bridgehead atoms. The molecule has 0 atom stereocenters. The molecule has 3 heterocycles. The van der Waals surface area contributed by atoms with Crippen LogP contribution in [0.2, 0.25) is 0 Å². The van der Waals surface area contributed by atoms with Crippen molar-refractivity contribution in [1.29, 1.82) is 0 Å². The summed E-state index contributed by atoms with van der Waals surface area (Å²) in [6, 6.07) is 70.3. The van der Waals surface area contributed by atoms with Gasteiger partial charge in [0.1, 0.15) is 17.1 Å². The fraction of sp³-hybridized carbons (Fsp3) is 0.0189. The fourth-order valence-electron chi connectivity index (χ4n) is 10.3. The van der Waals surface area contributed by atoms with E-state index in [1.807, 2.05) is 0 Å². The highest BCUT2D eigenvalue weighted by Crippen LogP contribution is 2.60. The second-order valence-electron chi connectivity index (χ2n) is 15.3. The van der Waals surface area contributed by atoms with E-state index in [0.717, 1.165) is 61.3 Å². The molecule has 4 nitrogen and oxygen atoms in total. The van der Waals surface area contributed by atoms with Crippen LogP contribution in [0, 0.1) is 0 Å². The highest BCUT2D eigenvalue weighted by Gasteiger charge is 2.54. The molecule has 13 rings (SSSR count). The van der Waals surface area contributed by atoms with Crippen LogP contribution in [0.1, 0.15) is 22.5 Å². The largest absolute Gasteiger partial charge is 0.295 e. The van der Waals surface area contributed by atoms with Gasteiger partial charge >= 0.3 is 0 Å². The van der Waals surface area contributed by atoms with Crippen LogP contribution < -0.4 is 0 Å². The lowest BCUT2D eigenvalue weighted by atomic mass is 9.73. The molecule has 1 aliphatic carbocycles. The summed E-state index contributed by atoms with van der Waals surface area (Å²) in [5.41, 5.74) is 15.8. The maximum Gasteiger partial charge on any atom is 0.146 e.